The largest absolute Gasteiger partial charge is 0.453 e. The first-order chi connectivity index (χ1) is 11.0. The van der Waals surface area contributed by atoms with Gasteiger partial charge in [-0.3, -0.25) is 9.59 Å². The Balaban J connectivity index is 1.79. The maximum atomic E-state index is 12.1. The van der Waals surface area contributed by atoms with E-state index < -0.39 is 6.09 Å². The molecule has 1 aliphatic carbocycles. The van der Waals surface area contributed by atoms with Crippen LogP contribution in [0.25, 0.3) is 0 Å². The van der Waals surface area contributed by atoms with Crippen molar-refractivity contribution in [1.29, 1.82) is 0 Å². The standard InChI is InChI=1S/C14H19ClN4O4/c1-23-14(22)18-7-12(20)17-6-11(8-2-3-8)19-13(21)10-4-9(15)5-16-10/h4-5,8,11,16H,2-3,6-7H2,1H3,(H,17,20)(H,18,22)(H,19,21). The summed E-state index contributed by atoms with van der Waals surface area (Å²) in [6, 6.07) is 1.38. The highest BCUT2D eigenvalue weighted by Crippen LogP contribution is 2.32. The minimum absolute atomic E-state index is 0.161. The average Bonchev–Trinajstić information content (AvgIpc) is 3.29. The molecule has 8 nitrogen and oxygen atoms in total. The molecule has 23 heavy (non-hydrogen) atoms. The normalized spacial score (nSPS) is 14.7. The third kappa shape index (κ3) is 5.48. The topological polar surface area (TPSA) is 112 Å². The number of amides is 3. The Hall–Kier alpha value is -2.22. The average molecular weight is 343 g/mol. The van der Waals surface area contributed by atoms with E-state index in [0.29, 0.717) is 23.2 Å². The fraction of sp³-hybridized carbons (Fsp3) is 0.500. The van der Waals surface area contributed by atoms with Crippen LogP contribution in [-0.4, -0.2) is 49.1 Å². The van der Waals surface area contributed by atoms with Gasteiger partial charge in [-0.25, -0.2) is 4.79 Å². The molecule has 0 radical (unpaired) electrons. The minimum Gasteiger partial charge on any atom is -0.453 e. The van der Waals surface area contributed by atoms with Gasteiger partial charge in [0.15, 0.2) is 0 Å². The van der Waals surface area contributed by atoms with Gasteiger partial charge in [0.2, 0.25) is 5.91 Å². The van der Waals surface area contributed by atoms with Crippen molar-refractivity contribution in [3.63, 3.8) is 0 Å². The third-order valence-corrected chi connectivity index (χ3v) is 3.72. The van der Waals surface area contributed by atoms with E-state index in [-0.39, 0.29) is 24.4 Å². The van der Waals surface area contributed by atoms with Crippen molar-refractivity contribution < 1.29 is 19.1 Å². The van der Waals surface area contributed by atoms with Gasteiger partial charge in [-0.1, -0.05) is 11.6 Å². The van der Waals surface area contributed by atoms with E-state index in [1.165, 1.54) is 13.3 Å². The number of hydrogen-bond donors (Lipinski definition) is 4. The van der Waals surface area contributed by atoms with Crippen LogP contribution in [0.2, 0.25) is 5.02 Å². The summed E-state index contributed by atoms with van der Waals surface area (Å²) < 4.78 is 4.38. The first kappa shape index (κ1) is 17.1. The van der Waals surface area contributed by atoms with Crippen LogP contribution in [0.15, 0.2) is 12.3 Å². The Bertz CT molecular complexity index is 585. The van der Waals surface area contributed by atoms with Gasteiger partial charge in [0.1, 0.15) is 5.69 Å². The lowest BCUT2D eigenvalue weighted by Gasteiger charge is -2.18. The second-order valence-corrected chi connectivity index (χ2v) is 5.73. The lowest BCUT2D eigenvalue weighted by Crippen LogP contribution is -2.47. The van der Waals surface area contributed by atoms with Crippen LogP contribution >= 0.6 is 11.6 Å². The van der Waals surface area contributed by atoms with Crippen molar-refractivity contribution in [3.05, 3.63) is 23.0 Å². The zero-order valence-corrected chi connectivity index (χ0v) is 13.4. The van der Waals surface area contributed by atoms with Crippen molar-refractivity contribution >= 4 is 29.5 Å². The Morgan fingerprint density at radius 2 is 2.13 bits per heavy atom. The lowest BCUT2D eigenvalue weighted by atomic mass is 10.1. The first-order valence-electron chi connectivity index (χ1n) is 7.23. The van der Waals surface area contributed by atoms with E-state index in [0.717, 1.165) is 12.8 Å². The van der Waals surface area contributed by atoms with Crippen LogP contribution in [0.5, 0.6) is 0 Å². The molecule has 0 spiro atoms. The molecule has 1 saturated carbocycles. The zero-order chi connectivity index (χ0) is 16.8. The number of carbonyl (C=O) groups excluding carboxylic acids is 3. The summed E-state index contributed by atoms with van der Waals surface area (Å²) in [6.45, 7) is 0.122. The van der Waals surface area contributed by atoms with Gasteiger partial charge in [0.25, 0.3) is 5.91 Å². The molecule has 0 bridgehead atoms. The van der Waals surface area contributed by atoms with E-state index in [4.69, 9.17) is 11.6 Å². The Labute approximate surface area is 138 Å². The molecule has 1 unspecified atom stereocenters. The maximum Gasteiger partial charge on any atom is 0.407 e. The Morgan fingerprint density at radius 1 is 1.39 bits per heavy atom. The monoisotopic (exact) mass is 342 g/mol. The van der Waals surface area contributed by atoms with Gasteiger partial charge in [0.05, 0.1) is 18.7 Å². The Kier molecular flexibility index (Phi) is 5.86. The minimum atomic E-state index is -0.671. The molecule has 0 saturated heterocycles. The van der Waals surface area contributed by atoms with E-state index in [1.807, 2.05) is 0 Å². The number of nitrogens with one attached hydrogen (secondary N) is 4. The molecule has 0 aliphatic heterocycles. The molecular formula is C14H19ClN4O4. The zero-order valence-electron chi connectivity index (χ0n) is 12.6. The van der Waals surface area contributed by atoms with Gasteiger partial charge in [-0.2, -0.15) is 0 Å². The molecule has 2 rings (SSSR count). The summed E-state index contributed by atoms with van der Waals surface area (Å²) in [6.07, 6.45) is 2.87. The fourth-order valence-corrected chi connectivity index (χ4v) is 2.25. The Morgan fingerprint density at radius 3 is 2.70 bits per heavy atom. The van der Waals surface area contributed by atoms with E-state index in [1.54, 1.807) is 6.07 Å². The highest BCUT2D eigenvalue weighted by atomic mass is 35.5. The SMILES string of the molecule is COC(=O)NCC(=O)NCC(NC(=O)c1cc(Cl)c[nH]1)C1CC1. The number of aromatic amines is 1. The highest BCUT2D eigenvalue weighted by molar-refractivity contribution is 6.30. The van der Waals surface area contributed by atoms with E-state index in [2.05, 4.69) is 25.7 Å². The summed E-state index contributed by atoms with van der Waals surface area (Å²) in [5.74, 6) is -0.271. The molecule has 9 heteroatoms. The van der Waals surface area contributed by atoms with Crippen LogP contribution < -0.4 is 16.0 Å². The quantitative estimate of drug-likeness (QED) is 0.582. The molecule has 1 atom stereocenters. The van der Waals surface area contributed by atoms with Crippen LogP contribution in [0, 0.1) is 5.92 Å². The van der Waals surface area contributed by atoms with Crippen molar-refractivity contribution in [3.8, 4) is 0 Å². The maximum absolute atomic E-state index is 12.1. The number of H-pyrrole nitrogens is 1. The van der Waals surface area contributed by atoms with Crippen molar-refractivity contribution in [2.75, 3.05) is 20.2 Å². The molecule has 1 aromatic heterocycles. The number of aromatic nitrogens is 1. The number of carbonyl (C=O) groups is 3. The van der Waals surface area contributed by atoms with E-state index >= 15 is 0 Å². The van der Waals surface area contributed by atoms with Crippen molar-refractivity contribution in [2.24, 2.45) is 5.92 Å². The predicted octanol–water partition coefficient (Wildman–Crippen LogP) is 0.649. The van der Waals surface area contributed by atoms with Crippen molar-refractivity contribution in [1.82, 2.24) is 20.9 Å². The first-order valence-corrected chi connectivity index (χ1v) is 7.60. The third-order valence-electron chi connectivity index (χ3n) is 3.50. The molecule has 126 valence electrons. The fourth-order valence-electron chi connectivity index (χ4n) is 2.09. The summed E-state index contributed by atoms with van der Waals surface area (Å²) in [5.41, 5.74) is 0.374. The highest BCUT2D eigenvalue weighted by Gasteiger charge is 2.32. The molecule has 1 heterocycles. The number of methoxy groups -OCH3 is 1. The molecular weight excluding hydrogens is 324 g/mol. The van der Waals surface area contributed by atoms with Crippen LogP contribution in [-0.2, 0) is 9.53 Å². The smallest absolute Gasteiger partial charge is 0.407 e. The van der Waals surface area contributed by atoms with Gasteiger partial charge in [-0.05, 0) is 24.8 Å². The number of alkyl carbamates (subject to hydrolysis) is 1. The summed E-state index contributed by atoms with van der Waals surface area (Å²) >= 11 is 5.78. The van der Waals surface area contributed by atoms with Gasteiger partial charge in [0, 0.05) is 18.8 Å². The number of halogens is 1. The lowest BCUT2D eigenvalue weighted by molar-refractivity contribution is -0.120. The number of ether oxygens (including phenoxy) is 1. The summed E-state index contributed by atoms with van der Waals surface area (Å²) in [4.78, 5) is 37.4. The molecule has 1 aliphatic rings. The second-order valence-electron chi connectivity index (χ2n) is 5.30. The second kappa shape index (κ2) is 7.87. The van der Waals surface area contributed by atoms with Crippen LogP contribution in [0.3, 0.4) is 0 Å². The summed E-state index contributed by atoms with van der Waals surface area (Å²) in [5, 5.41) is 8.32. The number of rotatable bonds is 7. The van der Waals surface area contributed by atoms with Crippen molar-refractivity contribution in [2.45, 2.75) is 18.9 Å². The molecule has 4 N–H and O–H groups in total. The molecule has 1 aromatic rings. The van der Waals surface area contributed by atoms with Gasteiger partial charge >= 0.3 is 6.09 Å². The van der Waals surface area contributed by atoms with E-state index in [9.17, 15) is 14.4 Å². The number of hydrogen-bond acceptors (Lipinski definition) is 4. The molecule has 0 aromatic carbocycles. The van der Waals surface area contributed by atoms with Crippen LogP contribution in [0.4, 0.5) is 4.79 Å². The molecule has 3 amide bonds. The predicted molar refractivity (Wildman–Crippen MR) is 83.2 cm³/mol. The molecule has 1 fully saturated rings. The van der Waals surface area contributed by atoms with Crippen LogP contribution in [0.1, 0.15) is 23.3 Å². The van der Waals surface area contributed by atoms with Gasteiger partial charge < -0.3 is 25.7 Å². The van der Waals surface area contributed by atoms with Gasteiger partial charge in [-0.15, -0.1) is 0 Å². The summed E-state index contributed by atoms with van der Waals surface area (Å²) in [7, 11) is 1.22.